The van der Waals surface area contributed by atoms with Crippen molar-refractivity contribution >= 4 is 17.7 Å². The molecule has 0 amide bonds. The Morgan fingerprint density at radius 1 is 1.00 bits per heavy atom. The van der Waals surface area contributed by atoms with Crippen LogP contribution in [0.4, 0.5) is 0 Å². The summed E-state index contributed by atoms with van der Waals surface area (Å²) in [4.78, 5) is 13.3. The van der Waals surface area contributed by atoms with Crippen molar-refractivity contribution in [3.05, 3.63) is 66.6 Å². The molecule has 3 aromatic rings. The molecule has 6 heteroatoms. The summed E-state index contributed by atoms with van der Waals surface area (Å²) >= 11 is 1.45. The fourth-order valence-electron chi connectivity index (χ4n) is 2.17. The zero-order chi connectivity index (χ0) is 17.6. The molecule has 0 N–H and O–H groups in total. The van der Waals surface area contributed by atoms with Crippen LogP contribution in [0, 0.1) is 0 Å². The van der Waals surface area contributed by atoms with Crippen LogP contribution in [-0.4, -0.2) is 21.4 Å². The summed E-state index contributed by atoms with van der Waals surface area (Å²) in [5.74, 6) is 0.370. The van der Waals surface area contributed by atoms with Crippen LogP contribution in [0.5, 0.6) is 0 Å². The molecule has 0 aliphatic rings. The second-order valence-corrected chi connectivity index (χ2v) is 6.88. The highest BCUT2D eigenvalue weighted by Crippen LogP contribution is 2.26. The second-order valence-electron chi connectivity index (χ2n) is 5.46. The van der Waals surface area contributed by atoms with Gasteiger partial charge >= 0.3 is 5.97 Å². The largest absolute Gasteiger partial charge is 0.452 e. The lowest BCUT2D eigenvalue weighted by atomic mass is 10.2. The van der Waals surface area contributed by atoms with E-state index in [1.54, 1.807) is 6.92 Å². The quantitative estimate of drug-likeness (QED) is 0.479. The zero-order valence-electron chi connectivity index (χ0n) is 14.0. The van der Waals surface area contributed by atoms with E-state index < -0.39 is 6.10 Å². The maximum Gasteiger partial charge on any atom is 0.319 e. The maximum absolute atomic E-state index is 12.3. The third kappa shape index (κ3) is 4.48. The summed E-state index contributed by atoms with van der Waals surface area (Å²) in [5.41, 5.74) is 0.827. The van der Waals surface area contributed by atoms with Crippen molar-refractivity contribution < 1.29 is 13.9 Å². The van der Waals surface area contributed by atoms with Gasteiger partial charge in [0.2, 0.25) is 5.89 Å². The van der Waals surface area contributed by atoms with Crippen LogP contribution in [0.2, 0.25) is 0 Å². The highest BCUT2D eigenvalue weighted by atomic mass is 32.2. The molecule has 1 heterocycles. The van der Waals surface area contributed by atoms with E-state index in [1.165, 1.54) is 11.8 Å². The summed E-state index contributed by atoms with van der Waals surface area (Å²) in [6.45, 7) is 3.54. The van der Waals surface area contributed by atoms with E-state index in [9.17, 15) is 4.79 Å². The highest BCUT2D eigenvalue weighted by molar-refractivity contribution is 8.00. The minimum atomic E-state index is -0.601. The van der Waals surface area contributed by atoms with Gasteiger partial charge in [-0.1, -0.05) is 36.4 Å². The molecule has 0 saturated heterocycles. The molecule has 2 aromatic carbocycles. The Labute approximate surface area is 150 Å². The van der Waals surface area contributed by atoms with Crippen molar-refractivity contribution in [3.8, 4) is 11.5 Å². The van der Waals surface area contributed by atoms with Crippen LogP contribution in [0.15, 0.2) is 70.0 Å². The van der Waals surface area contributed by atoms with E-state index in [2.05, 4.69) is 10.2 Å². The van der Waals surface area contributed by atoms with Crippen LogP contribution >= 0.6 is 11.8 Å². The lowest BCUT2D eigenvalue weighted by Crippen LogP contribution is -2.19. The molecule has 0 aliphatic heterocycles. The molecule has 0 spiro atoms. The first-order valence-electron chi connectivity index (χ1n) is 7.94. The lowest BCUT2D eigenvalue weighted by Gasteiger charge is -2.14. The Hall–Kier alpha value is -2.60. The monoisotopic (exact) mass is 354 g/mol. The fraction of sp³-hybridized carbons (Fsp3) is 0.211. The van der Waals surface area contributed by atoms with E-state index in [4.69, 9.17) is 9.15 Å². The van der Waals surface area contributed by atoms with Gasteiger partial charge in [0.25, 0.3) is 5.89 Å². The molecule has 0 radical (unpaired) electrons. The van der Waals surface area contributed by atoms with Crippen LogP contribution in [0.1, 0.15) is 25.8 Å². The third-order valence-electron chi connectivity index (χ3n) is 3.49. The minimum absolute atomic E-state index is 0.282. The number of aromatic nitrogens is 2. The van der Waals surface area contributed by atoms with Crippen LogP contribution < -0.4 is 0 Å². The first-order valence-corrected chi connectivity index (χ1v) is 8.82. The first-order chi connectivity index (χ1) is 12.1. The number of hydrogen-bond donors (Lipinski definition) is 0. The molecule has 0 fully saturated rings. The number of rotatable bonds is 6. The maximum atomic E-state index is 12.3. The van der Waals surface area contributed by atoms with E-state index in [0.29, 0.717) is 5.89 Å². The highest BCUT2D eigenvalue weighted by Gasteiger charge is 2.23. The molecular formula is C19H18N2O3S. The average molecular weight is 354 g/mol. The van der Waals surface area contributed by atoms with Crippen molar-refractivity contribution in [1.29, 1.82) is 0 Å². The van der Waals surface area contributed by atoms with Crippen molar-refractivity contribution in [2.45, 2.75) is 30.1 Å². The Morgan fingerprint density at radius 3 is 2.32 bits per heavy atom. The van der Waals surface area contributed by atoms with Gasteiger partial charge in [-0.05, 0) is 38.1 Å². The molecule has 2 unspecified atom stereocenters. The van der Waals surface area contributed by atoms with Crippen LogP contribution in [0.25, 0.3) is 11.5 Å². The van der Waals surface area contributed by atoms with Gasteiger partial charge in [0.05, 0.1) is 0 Å². The zero-order valence-corrected chi connectivity index (χ0v) is 14.8. The number of carbonyl (C=O) groups excluding carboxylic acids is 1. The molecule has 128 valence electrons. The van der Waals surface area contributed by atoms with Gasteiger partial charge in [0, 0.05) is 10.5 Å². The number of benzene rings is 2. The van der Waals surface area contributed by atoms with Crippen LogP contribution in [-0.2, 0) is 9.53 Å². The Morgan fingerprint density at radius 2 is 1.64 bits per heavy atom. The molecule has 1 aromatic heterocycles. The molecular weight excluding hydrogens is 336 g/mol. The Bertz CT molecular complexity index is 821. The predicted octanol–water partition coefficient (Wildman–Crippen LogP) is 4.52. The SMILES string of the molecule is CC(Sc1ccccc1)C(=O)OC(C)c1nnc(-c2ccccc2)o1. The summed E-state index contributed by atoms with van der Waals surface area (Å²) in [6, 6.07) is 19.2. The van der Waals surface area contributed by atoms with Gasteiger partial charge in [0.15, 0.2) is 6.10 Å². The van der Waals surface area contributed by atoms with Crippen molar-refractivity contribution in [2.24, 2.45) is 0 Å². The number of nitrogens with zero attached hydrogens (tertiary/aromatic N) is 2. The van der Waals surface area contributed by atoms with E-state index >= 15 is 0 Å². The second kappa shape index (κ2) is 7.98. The summed E-state index contributed by atoms with van der Waals surface area (Å²) in [7, 11) is 0. The van der Waals surface area contributed by atoms with E-state index in [0.717, 1.165) is 10.5 Å². The number of ether oxygens (including phenoxy) is 1. The van der Waals surface area contributed by atoms with Crippen molar-refractivity contribution in [3.63, 3.8) is 0 Å². The number of hydrogen-bond acceptors (Lipinski definition) is 6. The predicted molar refractivity (Wildman–Crippen MR) is 96.0 cm³/mol. The van der Waals surface area contributed by atoms with Gasteiger partial charge in [-0.2, -0.15) is 0 Å². The molecule has 25 heavy (non-hydrogen) atoms. The molecule has 0 saturated carbocycles. The van der Waals surface area contributed by atoms with E-state index in [-0.39, 0.29) is 17.1 Å². The lowest BCUT2D eigenvalue weighted by molar-refractivity contribution is -0.148. The summed E-state index contributed by atoms with van der Waals surface area (Å²) < 4.78 is 11.1. The van der Waals surface area contributed by atoms with E-state index in [1.807, 2.05) is 67.6 Å². The van der Waals surface area contributed by atoms with Crippen molar-refractivity contribution in [1.82, 2.24) is 10.2 Å². The third-order valence-corrected chi connectivity index (χ3v) is 4.58. The minimum Gasteiger partial charge on any atom is -0.452 e. The summed E-state index contributed by atoms with van der Waals surface area (Å²) in [5, 5.41) is 7.67. The number of thioether (sulfide) groups is 1. The average Bonchev–Trinajstić information content (AvgIpc) is 3.13. The normalized spacial score (nSPS) is 13.2. The van der Waals surface area contributed by atoms with Crippen molar-refractivity contribution in [2.75, 3.05) is 0 Å². The molecule has 2 atom stereocenters. The Balaban J connectivity index is 1.61. The van der Waals surface area contributed by atoms with Gasteiger partial charge < -0.3 is 9.15 Å². The van der Waals surface area contributed by atoms with Gasteiger partial charge in [-0.25, -0.2) is 0 Å². The number of carbonyl (C=O) groups is 1. The van der Waals surface area contributed by atoms with Gasteiger partial charge in [-0.3, -0.25) is 4.79 Å². The Kier molecular flexibility index (Phi) is 5.50. The smallest absolute Gasteiger partial charge is 0.319 e. The van der Waals surface area contributed by atoms with Crippen LogP contribution in [0.3, 0.4) is 0 Å². The number of esters is 1. The first kappa shape index (κ1) is 17.2. The molecule has 3 rings (SSSR count). The molecule has 0 bridgehead atoms. The molecule has 0 aliphatic carbocycles. The van der Waals surface area contributed by atoms with Gasteiger partial charge in [-0.15, -0.1) is 22.0 Å². The topological polar surface area (TPSA) is 65.2 Å². The summed E-state index contributed by atoms with van der Waals surface area (Å²) in [6.07, 6.45) is -0.601. The fourth-order valence-corrected chi connectivity index (χ4v) is 3.04. The molecule has 5 nitrogen and oxygen atoms in total. The standard InChI is InChI=1S/C19H18N2O3S/c1-13(17-20-21-18(24-17)15-9-5-3-6-10-15)23-19(22)14(2)25-16-11-7-4-8-12-16/h3-14H,1-2H3. The van der Waals surface area contributed by atoms with Gasteiger partial charge in [0.1, 0.15) is 5.25 Å².